The molecule has 0 heterocycles. The normalized spacial score (nSPS) is 15.0. The van der Waals surface area contributed by atoms with Gasteiger partial charge in [0.2, 0.25) is 11.8 Å². The number of alkyl carbamates (subject to hydrolysis) is 1. The Morgan fingerprint density at radius 3 is 2.12 bits per heavy atom. The van der Waals surface area contributed by atoms with E-state index < -0.39 is 36.3 Å². The largest absolute Gasteiger partial charge is 0.444 e. The van der Waals surface area contributed by atoms with Crippen molar-refractivity contribution in [2.75, 3.05) is 6.61 Å². The molecule has 8 nitrogen and oxygen atoms in total. The highest BCUT2D eigenvalue weighted by atomic mass is 16.6. The second-order valence-electron chi connectivity index (χ2n) is 9.90. The second kappa shape index (κ2) is 13.3. The molecule has 0 aliphatic heterocycles. The molecule has 3 N–H and O–H groups in total. The highest BCUT2D eigenvalue weighted by Gasteiger charge is 2.38. The third kappa shape index (κ3) is 8.97. The molecular formula is C26H43N3O5. The molecule has 4 atom stereocenters. The molecule has 0 aliphatic carbocycles. The molecule has 1 aromatic rings. The smallest absolute Gasteiger partial charge is 0.408 e. The molecule has 0 saturated heterocycles. The maximum Gasteiger partial charge on any atom is 0.408 e. The summed E-state index contributed by atoms with van der Waals surface area (Å²) in [6, 6.07) is 4.90. The number of carbonyl (C=O) groups excluding carboxylic acids is 3. The van der Waals surface area contributed by atoms with Gasteiger partial charge in [-0.1, -0.05) is 50.1 Å². The Bertz CT molecular complexity index is 804. The molecule has 8 heteroatoms. The Labute approximate surface area is 204 Å². The number of nitrogens with zero attached hydrogens (tertiary/aromatic N) is 1. The molecule has 0 aliphatic rings. The number of benzene rings is 1. The summed E-state index contributed by atoms with van der Waals surface area (Å²) < 4.78 is 5.26. The first kappa shape index (κ1) is 29.4. The van der Waals surface area contributed by atoms with Crippen LogP contribution in [0.5, 0.6) is 0 Å². The zero-order valence-corrected chi connectivity index (χ0v) is 22.0. The van der Waals surface area contributed by atoms with Gasteiger partial charge in [-0.25, -0.2) is 4.79 Å². The van der Waals surface area contributed by atoms with Gasteiger partial charge < -0.3 is 25.4 Å². The van der Waals surface area contributed by atoms with E-state index >= 15 is 0 Å². The van der Waals surface area contributed by atoms with Crippen LogP contribution in [0, 0.1) is 6.92 Å². The first-order chi connectivity index (χ1) is 15.8. The van der Waals surface area contributed by atoms with Crippen LogP contribution in [-0.4, -0.2) is 58.2 Å². The Hall–Kier alpha value is -2.61. The highest BCUT2D eigenvalue weighted by molar-refractivity contribution is 5.92. The summed E-state index contributed by atoms with van der Waals surface area (Å²) in [5.74, 6) is -0.848. The molecule has 1 aromatic carbocycles. The first-order valence-corrected chi connectivity index (χ1v) is 12.1. The van der Waals surface area contributed by atoms with Gasteiger partial charge in [0.1, 0.15) is 17.7 Å². The maximum absolute atomic E-state index is 13.7. The fourth-order valence-electron chi connectivity index (χ4n) is 3.62. The minimum absolute atomic E-state index is 0.0622. The fourth-order valence-corrected chi connectivity index (χ4v) is 3.62. The molecule has 0 saturated carbocycles. The second-order valence-corrected chi connectivity index (χ2v) is 9.90. The van der Waals surface area contributed by atoms with Crippen molar-refractivity contribution in [3.05, 3.63) is 35.4 Å². The van der Waals surface area contributed by atoms with E-state index in [2.05, 4.69) is 10.6 Å². The summed E-state index contributed by atoms with van der Waals surface area (Å²) in [6.45, 7) is 14.2. The van der Waals surface area contributed by atoms with Crippen molar-refractivity contribution in [2.24, 2.45) is 0 Å². The van der Waals surface area contributed by atoms with Crippen LogP contribution < -0.4 is 10.6 Å². The van der Waals surface area contributed by atoms with Crippen LogP contribution in [0.15, 0.2) is 24.3 Å². The van der Waals surface area contributed by atoms with Gasteiger partial charge in [0, 0.05) is 12.1 Å². The van der Waals surface area contributed by atoms with E-state index in [0.717, 1.165) is 18.4 Å². The van der Waals surface area contributed by atoms with Crippen molar-refractivity contribution in [3.63, 3.8) is 0 Å². The highest BCUT2D eigenvalue weighted by Crippen LogP contribution is 2.27. The molecule has 3 amide bonds. The maximum atomic E-state index is 13.7. The number of aliphatic hydroxyl groups is 1. The molecule has 0 spiro atoms. The van der Waals surface area contributed by atoms with Crippen LogP contribution in [0.3, 0.4) is 0 Å². The number of aliphatic hydroxyl groups excluding tert-OH is 1. The van der Waals surface area contributed by atoms with Gasteiger partial charge in [0.05, 0.1) is 6.61 Å². The van der Waals surface area contributed by atoms with E-state index in [1.54, 1.807) is 20.8 Å². The van der Waals surface area contributed by atoms with Gasteiger partial charge in [0.15, 0.2) is 0 Å². The SMILES string of the molecule is CCCC(C)NC(=O)C(c1ccc(C)cc1)N(C(=O)C(CO)NC(=O)OC(C)(C)C)C(C)CC. The monoisotopic (exact) mass is 477 g/mol. The standard InChI is InChI=1S/C26H43N3O5/c1-9-11-18(4)27-23(31)22(20-14-12-17(3)13-15-20)29(19(5)10-2)24(32)21(16-30)28-25(33)34-26(6,7)8/h12-15,18-19,21-22,30H,9-11,16H2,1-8H3,(H,27,31)(H,28,33). The van der Waals surface area contributed by atoms with E-state index in [4.69, 9.17) is 4.74 Å². The predicted molar refractivity (Wildman–Crippen MR) is 133 cm³/mol. The number of hydrogen-bond acceptors (Lipinski definition) is 5. The van der Waals surface area contributed by atoms with Gasteiger partial charge in [-0.15, -0.1) is 0 Å². The lowest BCUT2D eigenvalue weighted by Crippen LogP contribution is -2.57. The van der Waals surface area contributed by atoms with Crippen molar-refractivity contribution < 1.29 is 24.2 Å². The molecule has 0 bridgehead atoms. The number of rotatable bonds is 11. The number of aryl methyl sites for hydroxylation is 1. The molecule has 1 rings (SSSR count). The van der Waals surface area contributed by atoms with E-state index in [9.17, 15) is 19.5 Å². The lowest BCUT2D eigenvalue weighted by molar-refractivity contribution is -0.146. The summed E-state index contributed by atoms with van der Waals surface area (Å²) in [7, 11) is 0. The van der Waals surface area contributed by atoms with E-state index in [-0.39, 0.29) is 18.0 Å². The van der Waals surface area contributed by atoms with Gasteiger partial charge in [0.25, 0.3) is 0 Å². The summed E-state index contributed by atoms with van der Waals surface area (Å²) in [6.07, 6.45) is 1.49. The molecule has 192 valence electrons. The van der Waals surface area contributed by atoms with E-state index in [1.807, 2.05) is 58.9 Å². The van der Waals surface area contributed by atoms with Crippen molar-refractivity contribution in [1.29, 1.82) is 0 Å². The molecular weight excluding hydrogens is 434 g/mol. The lowest BCUT2D eigenvalue weighted by atomic mass is 9.98. The average Bonchev–Trinajstić information content (AvgIpc) is 2.74. The summed E-state index contributed by atoms with van der Waals surface area (Å²) in [5.41, 5.74) is 0.932. The fraction of sp³-hybridized carbons (Fsp3) is 0.654. The molecule has 34 heavy (non-hydrogen) atoms. The Morgan fingerprint density at radius 2 is 1.65 bits per heavy atom. The predicted octanol–water partition coefficient (Wildman–Crippen LogP) is 3.85. The van der Waals surface area contributed by atoms with Crippen molar-refractivity contribution in [3.8, 4) is 0 Å². The van der Waals surface area contributed by atoms with Crippen LogP contribution in [0.2, 0.25) is 0 Å². The topological polar surface area (TPSA) is 108 Å². The van der Waals surface area contributed by atoms with Crippen LogP contribution in [-0.2, 0) is 14.3 Å². The van der Waals surface area contributed by atoms with Crippen molar-refractivity contribution in [1.82, 2.24) is 15.5 Å². The Kier molecular flexibility index (Phi) is 11.5. The zero-order valence-electron chi connectivity index (χ0n) is 22.0. The van der Waals surface area contributed by atoms with E-state index in [0.29, 0.717) is 12.0 Å². The number of ether oxygens (including phenoxy) is 1. The van der Waals surface area contributed by atoms with Gasteiger partial charge in [-0.2, -0.15) is 0 Å². The van der Waals surface area contributed by atoms with Gasteiger partial charge >= 0.3 is 6.09 Å². The molecule has 0 fully saturated rings. The lowest BCUT2D eigenvalue weighted by Gasteiger charge is -2.38. The van der Waals surface area contributed by atoms with Crippen LogP contribution in [0.25, 0.3) is 0 Å². The summed E-state index contributed by atoms with van der Waals surface area (Å²) >= 11 is 0. The zero-order chi connectivity index (χ0) is 26.1. The summed E-state index contributed by atoms with van der Waals surface area (Å²) in [5, 5.41) is 15.5. The van der Waals surface area contributed by atoms with Gasteiger partial charge in [-0.05, 0) is 59.9 Å². The quantitative estimate of drug-likeness (QED) is 0.449. The molecule has 0 radical (unpaired) electrons. The number of carbonyl (C=O) groups is 3. The molecule has 0 aromatic heterocycles. The minimum atomic E-state index is -1.25. The molecule has 4 unspecified atom stereocenters. The third-order valence-electron chi connectivity index (χ3n) is 5.52. The van der Waals surface area contributed by atoms with Crippen molar-refractivity contribution in [2.45, 2.75) is 104 Å². The van der Waals surface area contributed by atoms with E-state index in [1.165, 1.54) is 4.90 Å². The van der Waals surface area contributed by atoms with Crippen LogP contribution in [0.4, 0.5) is 4.79 Å². The Balaban J connectivity index is 3.40. The Morgan fingerprint density at radius 1 is 1.06 bits per heavy atom. The third-order valence-corrected chi connectivity index (χ3v) is 5.52. The number of hydrogen-bond donors (Lipinski definition) is 3. The minimum Gasteiger partial charge on any atom is -0.444 e. The van der Waals surface area contributed by atoms with Crippen LogP contribution >= 0.6 is 0 Å². The first-order valence-electron chi connectivity index (χ1n) is 12.1. The number of amides is 3. The van der Waals surface area contributed by atoms with Crippen molar-refractivity contribution >= 4 is 17.9 Å². The van der Waals surface area contributed by atoms with Gasteiger partial charge in [-0.3, -0.25) is 9.59 Å². The number of nitrogens with one attached hydrogen (secondary N) is 2. The average molecular weight is 478 g/mol. The summed E-state index contributed by atoms with van der Waals surface area (Å²) in [4.78, 5) is 41.0. The van der Waals surface area contributed by atoms with Crippen LogP contribution in [0.1, 0.15) is 84.9 Å².